The minimum Gasteiger partial charge on any atom is -0.389 e. The van der Waals surface area contributed by atoms with Crippen LogP contribution >= 0.6 is 0 Å². The summed E-state index contributed by atoms with van der Waals surface area (Å²) in [4.78, 5) is 13.6. The summed E-state index contributed by atoms with van der Waals surface area (Å²) >= 11 is 0. The number of morpholine rings is 1. The molecule has 1 aliphatic rings. The highest BCUT2D eigenvalue weighted by Gasteiger charge is 2.22. The number of carbonyl (C=O) groups is 1. The maximum absolute atomic E-state index is 11.8. The quantitative estimate of drug-likeness (QED) is 0.689. The van der Waals surface area contributed by atoms with Gasteiger partial charge in [-0.15, -0.1) is 0 Å². The summed E-state index contributed by atoms with van der Waals surface area (Å²) in [6.45, 7) is 7.26. The molecule has 1 saturated heterocycles. The Morgan fingerprint density at radius 2 is 1.94 bits per heavy atom. The molecule has 0 spiro atoms. The first-order valence-corrected chi connectivity index (χ1v) is 6.40. The van der Waals surface area contributed by atoms with Crippen LogP contribution in [0.3, 0.4) is 0 Å². The van der Waals surface area contributed by atoms with Gasteiger partial charge in [-0.3, -0.25) is 4.79 Å². The van der Waals surface area contributed by atoms with Gasteiger partial charge in [-0.1, -0.05) is 13.8 Å². The van der Waals surface area contributed by atoms with Gasteiger partial charge in [-0.05, 0) is 12.8 Å². The Morgan fingerprint density at radius 1 is 1.35 bits per heavy atom. The van der Waals surface area contributed by atoms with Gasteiger partial charge in [0.25, 0.3) is 0 Å². The third-order valence-corrected chi connectivity index (χ3v) is 3.41. The third-order valence-electron chi connectivity index (χ3n) is 3.41. The number of amides is 1. The van der Waals surface area contributed by atoms with Gasteiger partial charge in [0.05, 0.1) is 25.4 Å². The molecule has 17 heavy (non-hydrogen) atoms. The van der Waals surface area contributed by atoms with Crippen LogP contribution < -0.4 is 5.32 Å². The van der Waals surface area contributed by atoms with Gasteiger partial charge in [0.15, 0.2) is 0 Å². The molecule has 1 heterocycles. The smallest absolute Gasteiger partial charge is 0.236 e. The van der Waals surface area contributed by atoms with Crippen molar-refractivity contribution in [3.05, 3.63) is 0 Å². The highest BCUT2D eigenvalue weighted by Crippen LogP contribution is 2.12. The van der Waals surface area contributed by atoms with Crippen molar-refractivity contribution in [3.8, 4) is 0 Å². The normalized spacial score (nSPS) is 17.2. The van der Waals surface area contributed by atoms with Crippen LogP contribution in [0.4, 0.5) is 0 Å². The Balaban J connectivity index is 2.23. The van der Waals surface area contributed by atoms with Gasteiger partial charge in [0.1, 0.15) is 0 Å². The largest absolute Gasteiger partial charge is 0.389 e. The van der Waals surface area contributed by atoms with E-state index in [1.54, 1.807) is 4.90 Å². The maximum Gasteiger partial charge on any atom is 0.236 e. The fourth-order valence-corrected chi connectivity index (χ4v) is 1.83. The van der Waals surface area contributed by atoms with Crippen LogP contribution in [-0.4, -0.2) is 60.9 Å². The van der Waals surface area contributed by atoms with Crippen LogP contribution in [-0.2, 0) is 9.53 Å². The second kappa shape index (κ2) is 6.93. The third kappa shape index (κ3) is 4.61. The van der Waals surface area contributed by atoms with E-state index in [1.807, 2.05) is 13.8 Å². The Morgan fingerprint density at radius 3 is 2.47 bits per heavy atom. The zero-order chi connectivity index (χ0) is 12.7. The number of carbonyl (C=O) groups excluding carboxylic acids is 1. The molecule has 0 unspecified atom stereocenters. The van der Waals surface area contributed by atoms with E-state index < -0.39 is 5.60 Å². The van der Waals surface area contributed by atoms with E-state index in [2.05, 4.69) is 5.32 Å². The summed E-state index contributed by atoms with van der Waals surface area (Å²) in [5, 5.41) is 13.1. The molecule has 0 radical (unpaired) electrons. The van der Waals surface area contributed by atoms with Crippen molar-refractivity contribution in [2.24, 2.45) is 0 Å². The molecule has 0 aromatic carbocycles. The molecule has 2 N–H and O–H groups in total. The van der Waals surface area contributed by atoms with Crippen LogP contribution in [0.25, 0.3) is 0 Å². The lowest BCUT2D eigenvalue weighted by atomic mass is 9.98. The highest BCUT2D eigenvalue weighted by molar-refractivity contribution is 5.78. The Kier molecular flexibility index (Phi) is 5.88. The summed E-state index contributed by atoms with van der Waals surface area (Å²) in [7, 11) is 0. The molecule has 0 bridgehead atoms. The van der Waals surface area contributed by atoms with Crippen molar-refractivity contribution in [3.63, 3.8) is 0 Å². The first-order chi connectivity index (χ1) is 8.11. The van der Waals surface area contributed by atoms with Gasteiger partial charge in [0, 0.05) is 19.6 Å². The number of aliphatic hydroxyl groups is 1. The second-order valence-electron chi connectivity index (χ2n) is 4.53. The Hall–Kier alpha value is -0.650. The molecule has 1 amide bonds. The van der Waals surface area contributed by atoms with Crippen molar-refractivity contribution in [1.29, 1.82) is 0 Å². The molecular weight excluding hydrogens is 220 g/mol. The fourth-order valence-electron chi connectivity index (χ4n) is 1.83. The van der Waals surface area contributed by atoms with E-state index in [0.717, 1.165) is 0 Å². The molecule has 100 valence electrons. The minimum atomic E-state index is -0.689. The number of nitrogens with one attached hydrogen (secondary N) is 1. The zero-order valence-electron chi connectivity index (χ0n) is 10.9. The molecule has 0 aromatic heterocycles. The monoisotopic (exact) mass is 244 g/mol. The van der Waals surface area contributed by atoms with Crippen LogP contribution in [0.1, 0.15) is 26.7 Å². The van der Waals surface area contributed by atoms with Crippen molar-refractivity contribution >= 4 is 5.91 Å². The van der Waals surface area contributed by atoms with Gasteiger partial charge < -0.3 is 20.1 Å². The van der Waals surface area contributed by atoms with Gasteiger partial charge >= 0.3 is 0 Å². The van der Waals surface area contributed by atoms with Crippen molar-refractivity contribution < 1.29 is 14.6 Å². The molecule has 0 aromatic rings. The lowest BCUT2D eigenvalue weighted by Gasteiger charge is -2.29. The first kappa shape index (κ1) is 14.4. The number of ether oxygens (including phenoxy) is 1. The topological polar surface area (TPSA) is 61.8 Å². The number of hydrogen-bond acceptors (Lipinski definition) is 4. The predicted molar refractivity (Wildman–Crippen MR) is 65.8 cm³/mol. The Bertz CT molecular complexity index is 236. The lowest BCUT2D eigenvalue weighted by Crippen LogP contribution is -2.47. The lowest BCUT2D eigenvalue weighted by molar-refractivity contribution is -0.134. The predicted octanol–water partition coefficient (Wildman–Crippen LogP) is -0.0141. The van der Waals surface area contributed by atoms with Crippen molar-refractivity contribution in [2.45, 2.75) is 32.3 Å². The molecule has 0 atom stereocenters. The molecule has 0 aliphatic carbocycles. The number of rotatable bonds is 6. The van der Waals surface area contributed by atoms with Gasteiger partial charge in [0.2, 0.25) is 5.91 Å². The van der Waals surface area contributed by atoms with Gasteiger partial charge in [-0.2, -0.15) is 0 Å². The van der Waals surface area contributed by atoms with E-state index in [4.69, 9.17) is 4.74 Å². The standard InChI is InChI=1S/C12H24N2O3/c1-3-12(16,4-2)10-13-9-11(15)14-5-7-17-8-6-14/h13,16H,3-10H2,1-2H3. The average molecular weight is 244 g/mol. The minimum absolute atomic E-state index is 0.0860. The maximum atomic E-state index is 11.8. The summed E-state index contributed by atoms with van der Waals surface area (Å²) < 4.78 is 5.19. The number of hydrogen-bond donors (Lipinski definition) is 2. The SMILES string of the molecule is CCC(O)(CC)CNCC(=O)N1CCOCC1. The van der Waals surface area contributed by atoms with Crippen molar-refractivity contribution in [1.82, 2.24) is 10.2 Å². The summed E-state index contributed by atoms with van der Waals surface area (Å²) in [6, 6.07) is 0. The van der Waals surface area contributed by atoms with E-state index in [1.165, 1.54) is 0 Å². The van der Waals surface area contributed by atoms with Crippen LogP contribution in [0.5, 0.6) is 0 Å². The molecule has 1 fully saturated rings. The van der Waals surface area contributed by atoms with E-state index in [0.29, 0.717) is 52.2 Å². The molecule has 5 nitrogen and oxygen atoms in total. The summed E-state index contributed by atoms with van der Waals surface area (Å²) in [5.74, 6) is 0.0860. The molecule has 0 saturated carbocycles. The van der Waals surface area contributed by atoms with Crippen LogP contribution in [0, 0.1) is 0 Å². The van der Waals surface area contributed by atoms with E-state index in [-0.39, 0.29) is 5.91 Å². The zero-order valence-corrected chi connectivity index (χ0v) is 10.9. The van der Waals surface area contributed by atoms with Crippen LogP contribution in [0.2, 0.25) is 0 Å². The average Bonchev–Trinajstić information content (AvgIpc) is 2.39. The number of nitrogens with zero attached hydrogens (tertiary/aromatic N) is 1. The van der Waals surface area contributed by atoms with E-state index >= 15 is 0 Å². The fraction of sp³-hybridized carbons (Fsp3) is 0.917. The highest BCUT2D eigenvalue weighted by atomic mass is 16.5. The molecule has 1 aliphatic heterocycles. The van der Waals surface area contributed by atoms with E-state index in [9.17, 15) is 9.90 Å². The van der Waals surface area contributed by atoms with Gasteiger partial charge in [-0.25, -0.2) is 0 Å². The van der Waals surface area contributed by atoms with Crippen molar-refractivity contribution in [2.75, 3.05) is 39.4 Å². The summed E-state index contributed by atoms with van der Waals surface area (Å²) in [5.41, 5.74) is -0.689. The molecule has 5 heteroatoms. The molecule has 1 rings (SSSR count). The summed E-state index contributed by atoms with van der Waals surface area (Å²) in [6.07, 6.45) is 1.39. The second-order valence-corrected chi connectivity index (χ2v) is 4.53. The first-order valence-electron chi connectivity index (χ1n) is 6.40. The molecular formula is C12H24N2O3. The Labute approximate surface area is 103 Å². The van der Waals surface area contributed by atoms with Crippen LogP contribution in [0.15, 0.2) is 0 Å².